The first-order valence-corrected chi connectivity index (χ1v) is 11.9. The zero-order valence-corrected chi connectivity index (χ0v) is 19.4. The van der Waals surface area contributed by atoms with Gasteiger partial charge in [-0.15, -0.1) is 10.2 Å². The van der Waals surface area contributed by atoms with E-state index in [2.05, 4.69) is 55.5 Å². The molecular formula is C24H36N6O2. The van der Waals surface area contributed by atoms with E-state index in [0.29, 0.717) is 19.1 Å². The van der Waals surface area contributed by atoms with Crippen molar-refractivity contribution in [2.75, 3.05) is 33.4 Å². The van der Waals surface area contributed by atoms with E-state index in [0.717, 1.165) is 74.5 Å². The number of aliphatic imine (C=N–C) groups is 1. The van der Waals surface area contributed by atoms with Crippen molar-refractivity contribution in [1.29, 1.82) is 0 Å². The molecule has 2 aliphatic rings. The lowest BCUT2D eigenvalue weighted by Crippen LogP contribution is -2.38. The van der Waals surface area contributed by atoms with Crippen molar-refractivity contribution in [2.24, 2.45) is 10.9 Å². The van der Waals surface area contributed by atoms with Gasteiger partial charge in [0.15, 0.2) is 5.96 Å². The summed E-state index contributed by atoms with van der Waals surface area (Å²) in [6, 6.07) is 6.36. The highest BCUT2D eigenvalue weighted by Gasteiger charge is 2.17. The van der Waals surface area contributed by atoms with Crippen molar-refractivity contribution >= 4 is 5.96 Å². The summed E-state index contributed by atoms with van der Waals surface area (Å²) in [5.74, 6) is 4.39. The van der Waals surface area contributed by atoms with Crippen LogP contribution in [-0.2, 0) is 30.7 Å². The van der Waals surface area contributed by atoms with Gasteiger partial charge >= 0.3 is 0 Å². The Morgan fingerprint density at radius 1 is 1.25 bits per heavy atom. The molecular weight excluding hydrogens is 404 g/mol. The molecule has 1 atom stereocenters. The van der Waals surface area contributed by atoms with E-state index < -0.39 is 0 Å². The van der Waals surface area contributed by atoms with Crippen LogP contribution >= 0.6 is 0 Å². The van der Waals surface area contributed by atoms with Crippen LogP contribution in [0.5, 0.6) is 5.75 Å². The van der Waals surface area contributed by atoms with E-state index in [1.54, 1.807) is 7.05 Å². The molecule has 0 spiro atoms. The third-order valence-corrected chi connectivity index (χ3v) is 6.22. The molecule has 0 bridgehead atoms. The number of aromatic nitrogens is 3. The summed E-state index contributed by atoms with van der Waals surface area (Å²) in [7, 11) is 1.80. The Hall–Kier alpha value is -2.61. The molecule has 0 saturated carbocycles. The highest BCUT2D eigenvalue weighted by atomic mass is 16.5. The standard InChI is InChI=1S/C24H36N6O2/c1-18-7-8-20(21(14-18)32-17-19-10-13-31-16-19)15-27-24(25-2)26-11-9-23-29-28-22-6-4-3-5-12-30(22)23/h7-8,14,19H,3-6,9-13,15-17H2,1-2H3,(H2,25,26,27). The maximum absolute atomic E-state index is 6.16. The van der Waals surface area contributed by atoms with Gasteiger partial charge in [0.05, 0.1) is 13.2 Å². The predicted molar refractivity (Wildman–Crippen MR) is 125 cm³/mol. The SMILES string of the molecule is CN=C(NCCc1nnc2n1CCCCC2)NCc1ccc(C)cc1OCC1CCOC1. The third-order valence-electron chi connectivity index (χ3n) is 6.22. The van der Waals surface area contributed by atoms with Gasteiger partial charge < -0.3 is 24.7 Å². The minimum absolute atomic E-state index is 0.484. The largest absolute Gasteiger partial charge is 0.493 e. The topological polar surface area (TPSA) is 85.6 Å². The van der Waals surface area contributed by atoms with Gasteiger partial charge in [-0.25, -0.2) is 0 Å². The molecule has 2 N–H and O–H groups in total. The fraction of sp³-hybridized carbons (Fsp3) is 0.625. The van der Waals surface area contributed by atoms with Gasteiger partial charge in [-0.1, -0.05) is 18.6 Å². The number of hydrogen-bond acceptors (Lipinski definition) is 5. The van der Waals surface area contributed by atoms with Crippen LogP contribution < -0.4 is 15.4 Å². The van der Waals surface area contributed by atoms with E-state index in [1.165, 1.54) is 24.8 Å². The molecule has 1 aromatic heterocycles. The average Bonchev–Trinajstić information content (AvgIpc) is 3.40. The molecule has 32 heavy (non-hydrogen) atoms. The highest BCUT2D eigenvalue weighted by molar-refractivity contribution is 5.79. The smallest absolute Gasteiger partial charge is 0.191 e. The van der Waals surface area contributed by atoms with Crippen LogP contribution in [0.2, 0.25) is 0 Å². The number of benzene rings is 1. The molecule has 1 fully saturated rings. The first-order chi connectivity index (χ1) is 15.7. The second-order valence-electron chi connectivity index (χ2n) is 8.75. The molecule has 2 aromatic rings. The molecule has 3 heterocycles. The lowest BCUT2D eigenvalue weighted by atomic mass is 10.1. The highest BCUT2D eigenvalue weighted by Crippen LogP contribution is 2.22. The van der Waals surface area contributed by atoms with E-state index >= 15 is 0 Å². The van der Waals surface area contributed by atoms with Gasteiger partial charge in [-0.3, -0.25) is 4.99 Å². The number of nitrogens with one attached hydrogen (secondary N) is 2. The van der Waals surface area contributed by atoms with Crippen LogP contribution in [0.25, 0.3) is 0 Å². The zero-order valence-electron chi connectivity index (χ0n) is 19.4. The van der Waals surface area contributed by atoms with Gasteiger partial charge in [0.1, 0.15) is 17.4 Å². The van der Waals surface area contributed by atoms with Gasteiger partial charge in [0, 0.05) is 57.6 Å². The Kier molecular flexibility index (Phi) is 7.98. The Labute approximate surface area is 190 Å². The molecule has 0 radical (unpaired) electrons. The maximum Gasteiger partial charge on any atom is 0.191 e. The second-order valence-corrected chi connectivity index (χ2v) is 8.75. The molecule has 0 amide bonds. The van der Waals surface area contributed by atoms with Gasteiger partial charge in [0.2, 0.25) is 0 Å². The molecule has 8 heteroatoms. The van der Waals surface area contributed by atoms with Crippen molar-refractivity contribution in [3.05, 3.63) is 41.0 Å². The minimum atomic E-state index is 0.484. The summed E-state index contributed by atoms with van der Waals surface area (Å²) in [4.78, 5) is 4.37. The first-order valence-electron chi connectivity index (χ1n) is 11.9. The number of aryl methyl sites for hydroxylation is 2. The number of rotatable bonds is 8. The third kappa shape index (κ3) is 6.00. The second kappa shape index (κ2) is 11.3. The Bertz CT molecular complexity index is 904. The van der Waals surface area contributed by atoms with Crippen molar-refractivity contribution in [2.45, 2.75) is 58.5 Å². The number of fused-ring (bicyclic) bond motifs is 1. The lowest BCUT2D eigenvalue weighted by Gasteiger charge is -2.17. The first kappa shape index (κ1) is 22.6. The van der Waals surface area contributed by atoms with Gasteiger partial charge in [0.25, 0.3) is 0 Å². The average molecular weight is 441 g/mol. The van der Waals surface area contributed by atoms with Crippen LogP contribution in [0.15, 0.2) is 23.2 Å². The minimum Gasteiger partial charge on any atom is -0.493 e. The number of hydrogen-bond donors (Lipinski definition) is 2. The van der Waals surface area contributed by atoms with Crippen molar-refractivity contribution < 1.29 is 9.47 Å². The summed E-state index contributed by atoms with van der Waals surface area (Å²) < 4.78 is 13.9. The van der Waals surface area contributed by atoms with Crippen molar-refractivity contribution in [3.63, 3.8) is 0 Å². The van der Waals surface area contributed by atoms with Crippen molar-refractivity contribution in [1.82, 2.24) is 25.4 Å². The number of nitrogens with zero attached hydrogens (tertiary/aromatic N) is 4. The molecule has 1 unspecified atom stereocenters. The maximum atomic E-state index is 6.16. The summed E-state index contributed by atoms with van der Waals surface area (Å²) in [5, 5.41) is 15.6. The molecule has 1 aromatic carbocycles. The van der Waals surface area contributed by atoms with E-state index in [4.69, 9.17) is 9.47 Å². The number of ether oxygens (including phenoxy) is 2. The quantitative estimate of drug-likeness (QED) is 0.485. The van der Waals surface area contributed by atoms with E-state index in [-0.39, 0.29) is 0 Å². The molecule has 4 rings (SSSR count). The Balaban J connectivity index is 1.28. The lowest BCUT2D eigenvalue weighted by molar-refractivity contribution is 0.166. The van der Waals surface area contributed by atoms with Gasteiger partial charge in [-0.2, -0.15) is 0 Å². The Morgan fingerprint density at radius 2 is 2.19 bits per heavy atom. The van der Waals surface area contributed by atoms with Crippen LogP contribution in [0.3, 0.4) is 0 Å². The molecule has 1 saturated heterocycles. The monoisotopic (exact) mass is 440 g/mol. The summed E-state index contributed by atoms with van der Waals surface area (Å²) in [5.41, 5.74) is 2.32. The van der Waals surface area contributed by atoms with Crippen LogP contribution in [-0.4, -0.2) is 54.1 Å². The zero-order chi connectivity index (χ0) is 22.2. The van der Waals surface area contributed by atoms with Crippen LogP contribution in [0.4, 0.5) is 0 Å². The Morgan fingerprint density at radius 3 is 3.03 bits per heavy atom. The fourth-order valence-corrected chi connectivity index (χ4v) is 4.29. The van der Waals surface area contributed by atoms with Crippen molar-refractivity contribution in [3.8, 4) is 5.75 Å². The van der Waals surface area contributed by atoms with E-state index in [1.807, 2.05) is 0 Å². The molecule has 0 aliphatic carbocycles. The molecule has 8 nitrogen and oxygen atoms in total. The molecule has 2 aliphatic heterocycles. The fourth-order valence-electron chi connectivity index (χ4n) is 4.29. The normalized spacial score (nSPS) is 18.8. The number of guanidine groups is 1. The van der Waals surface area contributed by atoms with Gasteiger partial charge in [-0.05, 0) is 37.8 Å². The summed E-state index contributed by atoms with van der Waals surface area (Å²) in [6.45, 7) is 6.88. The van der Waals surface area contributed by atoms with Crippen LogP contribution in [0, 0.1) is 12.8 Å². The summed E-state index contributed by atoms with van der Waals surface area (Å²) >= 11 is 0. The predicted octanol–water partition coefficient (Wildman–Crippen LogP) is 2.64. The summed E-state index contributed by atoms with van der Waals surface area (Å²) in [6.07, 6.45) is 6.64. The molecule has 174 valence electrons. The van der Waals surface area contributed by atoms with E-state index in [9.17, 15) is 0 Å². The van der Waals surface area contributed by atoms with Crippen LogP contribution in [0.1, 0.15) is 48.5 Å².